The number of benzene rings is 2. The molecule has 0 aliphatic heterocycles. The van der Waals surface area contributed by atoms with Crippen molar-refractivity contribution >= 4 is 0 Å². The summed E-state index contributed by atoms with van der Waals surface area (Å²) in [6.45, 7) is -14.9. The van der Waals surface area contributed by atoms with Crippen LogP contribution in [0.25, 0.3) is 33.9 Å². The maximum absolute atomic E-state index is 15.9. The third-order valence-corrected chi connectivity index (χ3v) is 13.8. The Bertz CT molecular complexity index is 3830. The van der Waals surface area contributed by atoms with Gasteiger partial charge >= 0.3 is 144 Å². The zero-order valence-corrected chi connectivity index (χ0v) is 50.0. The quantitative estimate of drug-likeness (QED) is 0.0477. The first-order valence-corrected chi connectivity index (χ1v) is 26.2. The normalized spacial score (nSPS) is 15.5. The van der Waals surface area contributed by atoms with Gasteiger partial charge in [0.05, 0.1) is 25.2 Å². The molecule has 0 N–H and O–H groups in total. The Hall–Kier alpha value is -7.98. The van der Waals surface area contributed by atoms with Crippen LogP contribution < -0.4 is 18.9 Å². The van der Waals surface area contributed by atoms with Crippen LogP contribution in [0.1, 0.15) is 17.5 Å². The molecule has 0 bridgehead atoms. The molecule has 0 saturated heterocycles. The van der Waals surface area contributed by atoms with Gasteiger partial charge in [0.25, 0.3) is 0 Å². The second kappa shape index (κ2) is 27.9. The fourth-order valence-corrected chi connectivity index (χ4v) is 7.52. The van der Waals surface area contributed by atoms with E-state index < -0.39 is 294 Å². The Labute approximate surface area is 569 Å². The lowest BCUT2D eigenvalue weighted by Crippen LogP contribution is -2.62. The van der Waals surface area contributed by atoms with Crippen molar-refractivity contribution in [1.82, 2.24) is 19.9 Å². The van der Waals surface area contributed by atoms with Crippen molar-refractivity contribution in [3.8, 4) is 57.4 Å². The van der Waals surface area contributed by atoms with E-state index in [9.17, 15) is 202 Å². The summed E-state index contributed by atoms with van der Waals surface area (Å²) in [6.07, 6.45) is -51.2. The minimum Gasteiger partial charge on any atom is -0.477 e. The molecular formula is C49H18F54N4O4. The molecule has 0 saturated carbocycles. The van der Waals surface area contributed by atoms with E-state index in [2.05, 4.69) is 38.9 Å². The van der Waals surface area contributed by atoms with E-state index in [0.717, 1.165) is 0 Å². The third-order valence-electron chi connectivity index (χ3n) is 13.8. The molecular weight excluding hydrogens is 1730 g/mol. The summed E-state index contributed by atoms with van der Waals surface area (Å²) >= 11 is 0. The van der Waals surface area contributed by atoms with Gasteiger partial charge < -0.3 is 18.9 Å². The van der Waals surface area contributed by atoms with Crippen molar-refractivity contribution in [3.05, 3.63) is 59.7 Å². The van der Waals surface area contributed by atoms with Gasteiger partial charge in [-0.1, -0.05) is 0 Å². The first kappa shape index (κ1) is 95.4. The Kier molecular flexibility index (Phi) is 24.0. The molecule has 0 spiro atoms. The van der Waals surface area contributed by atoms with E-state index in [1.165, 1.54) is 0 Å². The van der Waals surface area contributed by atoms with Gasteiger partial charge in [0.1, 0.15) is 0 Å². The van der Waals surface area contributed by atoms with Crippen LogP contribution in [0.2, 0.25) is 0 Å². The SMILES string of the molecule is FC(F)(F)C(F)(F)C(F)(F)C(F)(F)CCOc1cc(OCC(F)(F)C(F)(F)C(F)(F)C(F)(F)F)nc(-c2cc(-c3cc(C(F)(F)C(F)(F)C(F)(F)C(F)(F)F)cc(C(F)(F)C(F)(F)C(F)(F)C(F)(F)F)c3)cc(-c3nc(OCC(F)(F)C(F)(F)C(F)(F)C(F)(F)F)cc(OCC(F)(F)C(F)(F)C(F)(F)C(F)(F)F)n3)c2)n1. The lowest BCUT2D eigenvalue weighted by atomic mass is 9.87. The van der Waals surface area contributed by atoms with Crippen molar-refractivity contribution in [2.24, 2.45) is 0 Å². The topological polar surface area (TPSA) is 88.5 Å². The minimum absolute atomic E-state index is 0.695. The van der Waals surface area contributed by atoms with E-state index in [1.54, 1.807) is 0 Å². The summed E-state index contributed by atoms with van der Waals surface area (Å²) in [5.41, 5.74) is -18.5. The summed E-state index contributed by atoms with van der Waals surface area (Å²) in [5, 5.41) is 0. The van der Waals surface area contributed by atoms with E-state index in [4.69, 9.17) is 0 Å². The average Bonchev–Trinajstić information content (AvgIpc) is 0.739. The van der Waals surface area contributed by atoms with Crippen molar-refractivity contribution in [2.45, 2.75) is 150 Å². The molecule has 0 atom stereocenters. The summed E-state index contributed by atoms with van der Waals surface area (Å²) in [6, 6.07) is -9.58. The molecule has 0 radical (unpaired) electrons. The lowest BCUT2D eigenvalue weighted by molar-refractivity contribution is -0.400. The zero-order chi connectivity index (χ0) is 87.8. The Morgan fingerprint density at radius 1 is 0.198 bits per heavy atom. The van der Waals surface area contributed by atoms with Gasteiger partial charge in [-0.2, -0.15) is 257 Å². The molecule has 62 heteroatoms. The second-order valence-electron chi connectivity index (χ2n) is 21.6. The second-order valence-corrected chi connectivity index (χ2v) is 21.6. The van der Waals surface area contributed by atoms with E-state index in [-0.39, 0.29) is 0 Å². The molecule has 4 aromatic rings. The Balaban J connectivity index is 2.45. The number of nitrogens with zero attached hydrogens (tertiary/aromatic N) is 4. The predicted molar refractivity (Wildman–Crippen MR) is 244 cm³/mol. The molecule has 111 heavy (non-hydrogen) atoms. The molecule has 0 fully saturated rings. The molecule has 2 aromatic heterocycles. The van der Waals surface area contributed by atoms with E-state index >= 15 is 35.1 Å². The van der Waals surface area contributed by atoms with E-state index in [1.807, 2.05) is 0 Å². The van der Waals surface area contributed by atoms with Gasteiger partial charge in [0, 0.05) is 22.3 Å². The minimum atomic E-state index is -8.54. The van der Waals surface area contributed by atoms with Crippen LogP contribution in [0, 0.1) is 0 Å². The molecule has 4 rings (SSSR count). The molecule has 0 unspecified atom stereocenters. The van der Waals surface area contributed by atoms with Crippen molar-refractivity contribution in [1.29, 1.82) is 0 Å². The summed E-state index contributed by atoms with van der Waals surface area (Å²) in [5.74, 6) is -159. The summed E-state index contributed by atoms with van der Waals surface area (Å²) in [4.78, 5) is 10.7. The monoisotopic (exact) mass is 1750 g/mol. The Morgan fingerprint density at radius 2 is 0.396 bits per heavy atom. The number of rotatable bonds is 30. The maximum Gasteiger partial charge on any atom is 0.460 e. The fraction of sp³-hybridized carbons (Fsp3) is 0.592. The molecule has 0 aliphatic carbocycles. The van der Waals surface area contributed by atoms with Crippen LogP contribution >= 0.6 is 0 Å². The number of aromatic nitrogens is 4. The molecule has 0 aliphatic rings. The fourth-order valence-electron chi connectivity index (χ4n) is 7.52. The zero-order valence-electron chi connectivity index (χ0n) is 50.0. The molecule has 8 nitrogen and oxygen atoms in total. The molecule has 2 aromatic carbocycles. The molecule has 636 valence electrons. The third kappa shape index (κ3) is 16.2. The number of hydrogen-bond donors (Lipinski definition) is 0. The summed E-state index contributed by atoms with van der Waals surface area (Å²) in [7, 11) is 0. The maximum atomic E-state index is 15.9. The number of halogens is 54. The molecule has 2 heterocycles. The van der Waals surface area contributed by atoms with Gasteiger partial charge in [-0.25, -0.2) is 0 Å². The predicted octanol–water partition coefficient (Wildman–Crippen LogP) is 21.9. The number of ether oxygens (including phenoxy) is 4. The van der Waals surface area contributed by atoms with Crippen molar-refractivity contribution in [3.63, 3.8) is 0 Å². The number of hydrogen-bond acceptors (Lipinski definition) is 8. The highest BCUT2D eigenvalue weighted by molar-refractivity contribution is 5.79. The van der Waals surface area contributed by atoms with Crippen LogP contribution in [0.5, 0.6) is 23.5 Å². The summed E-state index contributed by atoms with van der Waals surface area (Å²) < 4.78 is 774. The van der Waals surface area contributed by atoms with Gasteiger partial charge in [-0.05, 0) is 47.5 Å². The number of alkyl halides is 54. The van der Waals surface area contributed by atoms with Gasteiger partial charge in [0.15, 0.2) is 31.5 Å². The van der Waals surface area contributed by atoms with Gasteiger partial charge in [-0.3, -0.25) is 0 Å². The van der Waals surface area contributed by atoms with Gasteiger partial charge in [-0.15, -0.1) is 0 Å². The van der Waals surface area contributed by atoms with Crippen molar-refractivity contribution in [2.75, 3.05) is 26.4 Å². The Morgan fingerprint density at radius 3 is 0.631 bits per heavy atom. The highest BCUT2D eigenvalue weighted by Gasteiger charge is 2.87. The van der Waals surface area contributed by atoms with Crippen LogP contribution in [0.4, 0.5) is 237 Å². The van der Waals surface area contributed by atoms with Crippen LogP contribution in [-0.4, -0.2) is 178 Å². The molecule has 0 amide bonds. The lowest BCUT2D eigenvalue weighted by Gasteiger charge is -2.36. The highest BCUT2D eigenvalue weighted by Crippen LogP contribution is 2.63. The standard InChI is InChI=1S/C49H18F54N4O4/c50-26(51,32(62,63)38(74,75)44(86,87)88)1-2-108-20-9-21(109-11-27(52,53)33(64,65)39(76,77)45(89,90)91)105-24(104-20)16-3-14(15-6-18(30(58,59)36(70,71)42(82,83)48(98,99)100)8-19(7-15)31(60,61)37(72,73)43(84,85)49(101,102)103)4-17(5-16)25-106-22(110-12-28(54,55)34(66,67)40(78,79)46(92,93)94)10-23(107-25)111-13-29(56,57)35(68,69)41(80,81)47(95,96)97/h3-10H,1-2,11-13H2. The smallest absolute Gasteiger partial charge is 0.460 e. The van der Waals surface area contributed by atoms with E-state index in [0.29, 0.717) is 0 Å². The highest BCUT2D eigenvalue weighted by atomic mass is 19.5. The van der Waals surface area contributed by atoms with Crippen molar-refractivity contribution < 1.29 is 256 Å². The van der Waals surface area contributed by atoms with Gasteiger partial charge in [0.2, 0.25) is 23.5 Å². The largest absolute Gasteiger partial charge is 0.477 e. The van der Waals surface area contributed by atoms with Crippen LogP contribution in [-0.2, 0) is 11.8 Å². The average molecular weight is 1750 g/mol. The first-order valence-electron chi connectivity index (χ1n) is 26.2. The first-order chi connectivity index (χ1) is 48.4. The van der Waals surface area contributed by atoms with Crippen LogP contribution in [0.3, 0.4) is 0 Å². The van der Waals surface area contributed by atoms with Crippen LogP contribution in [0.15, 0.2) is 48.5 Å².